The molecule has 0 unspecified atom stereocenters. The molecular formula is C39H37F3N4O2S. The van der Waals surface area contributed by atoms with Gasteiger partial charge >= 0.3 is 6.18 Å². The molecule has 10 heteroatoms. The molecular weight excluding hydrogens is 646 g/mol. The van der Waals surface area contributed by atoms with Gasteiger partial charge in [0.2, 0.25) is 0 Å². The summed E-state index contributed by atoms with van der Waals surface area (Å²) >= 11 is 1.92. The maximum absolute atomic E-state index is 10.5. The number of aromatic nitrogens is 1. The number of nitrogens with zero attached hydrogens (tertiary/aromatic N) is 4. The number of thioether (sulfide) groups is 1. The van der Waals surface area contributed by atoms with Crippen LogP contribution in [0.15, 0.2) is 119 Å². The second-order valence-corrected chi connectivity index (χ2v) is 13.3. The lowest BCUT2D eigenvalue weighted by Crippen LogP contribution is -2.43. The van der Waals surface area contributed by atoms with Crippen LogP contribution in [0, 0.1) is 0 Å². The monoisotopic (exact) mass is 682 g/mol. The van der Waals surface area contributed by atoms with Gasteiger partial charge in [-0.15, -0.1) is 0 Å². The molecule has 0 fully saturated rings. The molecule has 252 valence electrons. The Morgan fingerprint density at radius 2 is 1.59 bits per heavy atom. The van der Waals surface area contributed by atoms with Gasteiger partial charge in [0.05, 0.1) is 17.3 Å². The Bertz CT molecular complexity index is 1970. The Hall–Kier alpha value is -4.80. The lowest BCUT2D eigenvalue weighted by molar-refractivity contribution is -0.554. The molecule has 1 aromatic heterocycles. The molecule has 4 aromatic carbocycles. The Kier molecular flexibility index (Phi) is 10.3. The zero-order chi connectivity index (χ0) is 34.5. The number of pyridine rings is 1. The third-order valence-corrected chi connectivity index (χ3v) is 9.61. The predicted octanol–water partition coefficient (Wildman–Crippen LogP) is 6.84. The largest absolute Gasteiger partial charge is 0.542 e. The Morgan fingerprint density at radius 3 is 2.29 bits per heavy atom. The molecule has 3 heterocycles. The van der Waals surface area contributed by atoms with Crippen LogP contribution in [0.5, 0.6) is 0 Å². The fraction of sp³-hybridized carbons (Fsp3) is 0.231. The number of hydrogen-bond acceptors (Lipinski definition) is 6. The first-order valence-electron chi connectivity index (χ1n) is 16.1. The minimum absolute atomic E-state index is 0.839. The van der Waals surface area contributed by atoms with Crippen molar-refractivity contribution in [1.29, 1.82) is 0 Å². The van der Waals surface area contributed by atoms with Crippen LogP contribution in [0.4, 0.5) is 24.7 Å². The summed E-state index contributed by atoms with van der Waals surface area (Å²) in [5, 5.41) is 11.4. The molecule has 0 saturated carbocycles. The van der Waals surface area contributed by atoms with E-state index in [0.717, 1.165) is 26.2 Å². The van der Waals surface area contributed by atoms with Crippen molar-refractivity contribution in [1.82, 2.24) is 4.90 Å². The van der Waals surface area contributed by atoms with Crippen LogP contribution >= 0.6 is 11.8 Å². The van der Waals surface area contributed by atoms with E-state index in [1.54, 1.807) is 0 Å². The van der Waals surface area contributed by atoms with Crippen LogP contribution in [-0.2, 0) is 17.8 Å². The summed E-state index contributed by atoms with van der Waals surface area (Å²) in [6.07, 6.45) is -0.393. The number of rotatable bonds is 8. The number of alkyl halides is 3. The summed E-state index contributed by atoms with van der Waals surface area (Å²) in [5.74, 6) is -1.80. The SMILES string of the molecule is CN(C)CCN(Cc1ccccc1)c1cc(/C=C2\Sc3cccc4c3N2CCC4)c2ccccc2[n+]1-c1ccccc1.O=C([O-])C(F)(F)F. The van der Waals surface area contributed by atoms with Crippen molar-refractivity contribution in [2.24, 2.45) is 0 Å². The Labute approximate surface area is 288 Å². The highest BCUT2D eigenvalue weighted by molar-refractivity contribution is 8.03. The van der Waals surface area contributed by atoms with Gasteiger partial charge in [-0.3, -0.25) is 4.90 Å². The van der Waals surface area contributed by atoms with Gasteiger partial charge in [-0.25, -0.2) is 0 Å². The normalized spacial score (nSPS) is 14.5. The van der Waals surface area contributed by atoms with Crippen molar-refractivity contribution in [3.8, 4) is 5.69 Å². The number of carboxylic acid groups (broad SMARTS) is 1. The standard InChI is InChI=1S/C37H37N4S.C2HF3O2/c1-38(2)23-24-39(27-28-13-5-3-6-14-28)35-25-30(26-36-40-22-12-16-29-15-11-21-34(42-36)37(29)40)32-19-9-10-20-33(32)41(35)31-17-7-4-8-18-31;3-2(4,5)1(6)7/h3-11,13-15,17-21,25-26H,12,16,22-24,27H2,1-2H3;(H,6,7)/q+1;/p-1. The number of halogens is 3. The van der Waals surface area contributed by atoms with E-state index < -0.39 is 12.1 Å². The van der Waals surface area contributed by atoms with Gasteiger partial charge < -0.3 is 19.7 Å². The molecule has 0 saturated heterocycles. The smallest absolute Gasteiger partial charge is 0.430 e. The Balaban J connectivity index is 0.000000540. The zero-order valence-electron chi connectivity index (χ0n) is 27.4. The van der Waals surface area contributed by atoms with Crippen LogP contribution in [0.25, 0.3) is 22.7 Å². The van der Waals surface area contributed by atoms with Gasteiger partial charge in [0.1, 0.15) is 23.7 Å². The van der Waals surface area contributed by atoms with Crippen molar-refractivity contribution in [3.05, 3.63) is 131 Å². The molecule has 0 aliphatic carbocycles. The van der Waals surface area contributed by atoms with E-state index in [1.165, 1.54) is 67.6 Å². The summed E-state index contributed by atoms with van der Waals surface area (Å²) in [4.78, 5) is 17.5. The highest BCUT2D eigenvalue weighted by Crippen LogP contribution is 2.50. The van der Waals surface area contributed by atoms with Crippen molar-refractivity contribution >= 4 is 46.2 Å². The molecule has 2 aliphatic heterocycles. The molecule has 0 amide bonds. The number of likely N-dealkylation sites (N-methyl/N-ethyl adjacent to an activating group) is 1. The summed E-state index contributed by atoms with van der Waals surface area (Å²) in [7, 11) is 4.31. The quantitative estimate of drug-likeness (QED) is 0.167. The Morgan fingerprint density at radius 1 is 0.918 bits per heavy atom. The van der Waals surface area contributed by atoms with Crippen molar-refractivity contribution < 1.29 is 27.6 Å². The van der Waals surface area contributed by atoms with E-state index in [4.69, 9.17) is 9.90 Å². The van der Waals surface area contributed by atoms with Crippen molar-refractivity contribution in [2.75, 3.05) is 43.5 Å². The third kappa shape index (κ3) is 7.76. The number of fused-ring (bicyclic) bond motifs is 1. The number of aryl methyl sites for hydroxylation is 1. The lowest BCUT2D eigenvalue weighted by Gasteiger charge is -2.27. The number of hydrogen-bond donors (Lipinski definition) is 0. The molecule has 7 rings (SSSR count). The molecule has 0 N–H and O–H groups in total. The van der Waals surface area contributed by atoms with Gasteiger partial charge in [-0.2, -0.15) is 17.7 Å². The van der Waals surface area contributed by atoms with Crippen LogP contribution < -0.4 is 19.5 Å². The van der Waals surface area contributed by atoms with Crippen LogP contribution in [0.2, 0.25) is 0 Å². The maximum Gasteiger partial charge on any atom is 0.430 e. The molecule has 5 aromatic rings. The van der Waals surface area contributed by atoms with Gasteiger partial charge in [0.25, 0.3) is 5.82 Å². The first-order valence-corrected chi connectivity index (χ1v) is 17.0. The first-order chi connectivity index (χ1) is 23.6. The second kappa shape index (κ2) is 14.8. The number of carbonyl (C=O) groups is 1. The van der Waals surface area contributed by atoms with E-state index in [0.29, 0.717) is 0 Å². The topological polar surface area (TPSA) is 53.7 Å². The van der Waals surface area contributed by atoms with E-state index >= 15 is 0 Å². The molecule has 0 spiro atoms. The highest BCUT2D eigenvalue weighted by atomic mass is 32.2. The van der Waals surface area contributed by atoms with Gasteiger partial charge in [0, 0.05) is 29.4 Å². The summed E-state index contributed by atoms with van der Waals surface area (Å²) in [6, 6.07) is 39.8. The van der Waals surface area contributed by atoms with E-state index in [1.807, 2.05) is 11.8 Å². The minimum atomic E-state index is -5.19. The summed E-state index contributed by atoms with van der Waals surface area (Å²) in [5.41, 5.74) is 7.87. The summed E-state index contributed by atoms with van der Waals surface area (Å²) in [6.45, 7) is 3.80. The van der Waals surface area contributed by atoms with E-state index in [-0.39, 0.29) is 0 Å². The fourth-order valence-electron chi connectivity index (χ4n) is 6.24. The molecule has 2 aliphatic rings. The summed E-state index contributed by atoms with van der Waals surface area (Å²) < 4.78 is 34.0. The highest BCUT2D eigenvalue weighted by Gasteiger charge is 2.31. The van der Waals surface area contributed by atoms with Crippen LogP contribution in [0.1, 0.15) is 23.1 Å². The average molecular weight is 683 g/mol. The van der Waals surface area contributed by atoms with Gasteiger partial charge in [0.15, 0.2) is 0 Å². The number of carbonyl (C=O) groups excluding carboxylic acids is 1. The van der Waals surface area contributed by atoms with E-state index in [9.17, 15) is 13.2 Å². The van der Waals surface area contributed by atoms with Crippen LogP contribution in [-0.4, -0.2) is 50.8 Å². The molecule has 49 heavy (non-hydrogen) atoms. The minimum Gasteiger partial charge on any atom is -0.542 e. The van der Waals surface area contributed by atoms with Crippen molar-refractivity contribution in [2.45, 2.75) is 30.5 Å². The second-order valence-electron chi connectivity index (χ2n) is 12.2. The fourth-order valence-corrected chi connectivity index (χ4v) is 7.43. The lowest BCUT2D eigenvalue weighted by atomic mass is 10.0. The molecule has 0 atom stereocenters. The average Bonchev–Trinajstić information content (AvgIpc) is 3.45. The first kappa shape index (κ1) is 34.1. The number of carboxylic acids is 1. The van der Waals surface area contributed by atoms with Crippen LogP contribution in [0.3, 0.4) is 0 Å². The number of aliphatic carboxylic acids is 1. The van der Waals surface area contributed by atoms with Gasteiger partial charge in [-0.1, -0.05) is 90.6 Å². The predicted molar refractivity (Wildman–Crippen MR) is 189 cm³/mol. The molecule has 0 bridgehead atoms. The maximum atomic E-state index is 10.5. The molecule has 6 nitrogen and oxygen atoms in total. The number of anilines is 2. The third-order valence-electron chi connectivity index (χ3n) is 8.51. The number of para-hydroxylation sites is 3. The van der Waals surface area contributed by atoms with Gasteiger partial charge in [-0.05, 0) is 74.0 Å². The zero-order valence-corrected chi connectivity index (χ0v) is 28.2. The molecule has 0 radical (unpaired) electrons. The number of benzene rings is 4. The van der Waals surface area contributed by atoms with Crippen molar-refractivity contribution in [3.63, 3.8) is 0 Å². The van der Waals surface area contributed by atoms with E-state index in [2.05, 4.69) is 149 Å².